The number of ether oxygens (including phenoxy) is 1. The van der Waals surface area contributed by atoms with Gasteiger partial charge in [0.2, 0.25) is 0 Å². The van der Waals surface area contributed by atoms with Crippen molar-refractivity contribution in [3.8, 4) is 11.8 Å². The maximum Gasteiger partial charge on any atom is 0.104 e. The van der Waals surface area contributed by atoms with Crippen LogP contribution in [0.2, 0.25) is 0 Å². The van der Waals surface area contributed by atoms with E-state index in [-0.39, 0.29) is 18.8 Å². The van der Waals surface area contributed by atoms with Gasteiger partial charge in [-0.2, -0.15) is 0 Å². The molecule has 4 heteroatoms. The number of piperidine rings is 1. The minimum absolute atomic E-state index is 0.108. The molecule has 0 unspecified atom stereocenters. The summed E-state index contributed by atoms with van der Waals surface area (Å²) >= 11 is 0. The third-order valence-corrected chi connectivity index (χ3v) is 4.42. The number of rotatable bonds is 3. The Hall–Kier alpha value is -1.54. The van der Waals surface area contributed by atoms with Crippen molar-refractivity contribution in [3.63, 3.8) is 0 Å². The lowest BCUT2D eigenvalue weighted by Gasteiger charge is -2.39. The third kappa shape index (κ3) is 3.80. The lowest BCUT2D eigenvalue weighted by atomic mass is 9.91. The Labute approximate surface area is 131 Å². The van der Waals surface area contributed by atoms with E-state index in [9.17, 15) is 5.11 Å². The Morgan fingerprint density at radius 3 is 2.64 bits per heavy atom. The number of hydrogen-bond donors (Lipinski definition) is 2. The van der Waals surface area contributed by atoms with Crippen molar-refractivity contribution in [1.29, 1.82) is 0 Å². The first-order chi connectivity index (χ1) is 10.7. The molecule has 0 spiro atoms. The molecule has 1 aliphatic heterocycles. The highest BCUT2D eigenvalue weighted by atomic mass is 16.5. The zero-order valence-corrected chi connectivity index (χ0v) is 12.7. The van der Waals surface area contributed by atoms with Gasteiger partial charge in [0, 0.05) is 24.3 Å². The number of anilines is 1. The molecule has 2 aliphatic rings. The topological polar surface area (TPSA) is 52.9 Å². The van der Waals surface area contributed by atoms with Gasteiger partial charge in [0.25, 0.3) is 0 Å². The fourth-order valence-electron chi connectivity index (χ4n) is 3.09. The molecule has 1 aromatic rings. The van der Waals surface area contributed by atoms with E-state index in [2.05, 4.69) is 28.9 Å². The van der Waals surface area contributed by atoms with Crippen LogP contribution >= 0.6 is 0 Å². The third-order valence-electron chi connectivity index (χ3n) is 4.42. The summed E-state index contributed by atoms with van der Waals surface area (Å²) in [5, 5.41) is 18.1. The maximum atomic E-state index is 9.31. The van der Waals surface area contributed by atoms with Crippen LogP contribution in [0, 0.1) is 11.8 Å². The molecule has 1 heterocycles. The van der Waals surface area contributed by atoms with E-state index in [0.29, 0.717) is 6.10 Å². The van der Waals surface area contributed by atoms with E-state index >= 15 is 0 Å². The second-order valence-electron chi connectivity index (χ2n) is 6.08. The minimum Gasteiger partial charge on any atom is -0.393 e. The number of nitrogens with zero attached hydrogens (tertiary/aromatic N) is 1. The van der Waals surface area contributed by atoms with Crippen molar-refractivity contribution in [1.82, 2.24) is 0 Å². The molecule has 118 valence electrons. The van der Waals surface area contributed by atoms with Crippen LogP contribution in [0.15, 0.2) is 24.3 Å². The summed E-state index contributed by atoms with van der Waals surface area (Å²) in [6.45, 7) is 1.86. The molecule has 1 saturated heterocycles. The molecule has 0 aromatic heterocycles. The predicted molar refractivity (Wildman–Crippen MR) is 85.8 cm³/mol. The van der Waals surface area contributed by atoms with Gasteiger partial charge in [0.05, 0.1) is 18.3 Å². The molecule has 4 nitrogen and oxygen atoms in total. The van der Waals surface area contributed by atoms with E-state index < -0.39 is 0 Å². The fourth-order valence-corrected chi connectivity index (χ4v) is 3.09. The molecule has 22 heavy (non-hydrogen) atoms. The van der Waals surface area contributed by atoms with Gasteiger partial charge in [0.1, 0.15) is 6.61 Å². The van der Waals surface area contributed by atoms with Crippen LogP contribution in [0.5, 0.6) is 0 Å². The average Bonchev–Trinajstić information content (AvgIpc) is 2.52. The molecule has 1 aliphatic carbocycles. The molecule has 0 radical (unpaired) electrons. The molecule has 2 N–H and O–H groups in total. The lowest BCUT2D eigenvalue weighted by Crippen LogP contribution is -2.42. The summed E-state index contributed by atoms with van der Waals surface area (Å²) in [5.41, 5.74) is 2.12. The molecule has 2 fully saturated rings. The fraction of sp³-hybridized carbons (Fsp3) is 0.556. The van der Waals surface area contributed by atoms with Crippen LogP contribution in [-0.2, 0) is 4.74 Å². The van der Waals surface area contributed by atoms with Crippen LogP contribution < -0.4 is 4.90 Å². The van der Waals surface area contributed by atoms with Crippen LogP contribution in [-0.4, -0.2) is 48.2 Å². The van der Waals surface area contributed by atoms with Gasteiger partial charge in [-0.25, -0.2) is 0 Å². The largest absolute Gasteiger partial charge is 0.393 e. The first kappa shape index (κ1) is 15.4. The number of benzene rings is 1. The highest BCUT2D eigenvalue weighted by Crippen LogP contribution is 2.28. The van der Waals surface area contributed by atoms with Crippen molar-refractivity contribution in [2.45, 2.75) is 44.0 Å². The Morgan fingerprint density at radius 2 is 1.95 bits per heavy atom. The normalized spacial score (nSPS) is 25.3. The number of aliphatic hydroxyl groups is 2. The van der Waals surface area contributed by atoms with Gasteiger partial charge in [-0.05, 0) is 43.9 Å². The smallest absolute Gasteiger partial charge is 0.104 e. The summed E-state index contributed by atoms with van der Waals surface area (Å²) < 4.78 is 6.02. The molecular formula is C18H23NO3. The standard InChI is InChI=1S/C18H23NO3/c20-10-2-4-14-3-1-5-15(11-14)19-8-6-17(7-9-19)22-18-12-16(21)13-18/h1,3,5,11,16-18,20-21H,6-10,12-13H2. The maximum absolute atomic E-state index is 9.31. The van der Waals surface area contributed by atoms with Crippen molar-refractivity contribution < 1.29 is 14.9 Å². The zero-order chi connectivity index (χ0) is 15.4. The lowest BCUT2D eigenvalue weighted by molar-refractivity contribution is -0.108. The number of hydrogen-bond acceptors (Lipinski definition) is 4. The Bertz CT molecular complexity index is 549. The van der Waals surface area contributed by atoms with Gasteiger partial charge >= 0.3 is 0 Å². The van der Waals surface area contributed by atoms with E-state index in [0.717, 1.165) is 44.3 Å². The molecule has 0 bridgehead atoms. The van der Waals surface area contributed by atoms with Crippen molar-refractivity contribution >= 4 is 5.69 Å². The average molecular weight is 301 g/mol. The summed E-state index contributed by atoms with van der Waals surface area (Å²) in [7, 11) is 0. The summed E-state index contributed by atoms with van der Waals surface area (Å²) in [6.07, 6.45) is 4.10. The summed E-state index contributed by atoms with van der Waals surface area (Å²) in [6, 6.07) is 8.15. The Morgan fingerprint density at radius 1 is 1.18 bits per heavy atom. The van der Waals surface area contributed by atoms with Crippen LogP contribution in [0.25, 0.3) is 0 Å². The van der Waals surface area contributed by atoms with Gasteiger partial charge in [-0.15, -0.1) is 0 Å². The molecular weight excluding hydrogens is 278 g/mol. The van der Waals surface area contributed by atoms with Gasteiger partial charge < -0.3 is 19.8 Å². The number of aliphatic hydroxyl groups excluding tert-OH is 2. The molecule has 3 rings (SSSR count). The van der Waals surface area contributed by atoms with Crippen molar-refractivity contribution in [2.75, 3.05) is 24.6 Å². The Kier molecular flexibility index (Phi) is 4.99. The van der Waals surface area contributed by atoms with Gasteiger partial charge in [-0.3, -0.25) is 0 Å². The second kappa shape index (κ2) is 7.15. The van der Waals surface area contributed by atoms with E-state index in [1.807, 2.05) is 12.1 Å². The second-order valence-corrected chi connectivity index (χ2v) is 6.08. The van der Waals surface area contributed by atoms with E-state index in [4.69, 9.17) is 9.84 Å². The van der Waals surface area contributed by atoms with Crippen LogP contribution in [0.1, 0.15) is 31.2 Å². The molecule has 1 aromatic carbocycles. The monoisotopic (exact) mass is 301 g/mol. The highest BCUT2D eigenvalue weighted by Gasteiger charge is 2.31. The molecule has 0 atom stereocenters. The highest BCUT2D eigenvalue weighted by molar-refractivity contribution is 5.52. The summed E-state index contributed by atoms with van der Waals surface area (Å²) in [4.78, 5) is 2.36. The molecule has 1 saturated carbocycles. The van der Waals surface area contributed by atoms with E-state index in [1.165, 1.54) is 5.69 Å². The van der Waals surface area contributed by atoms with Crippen LogP contribution in [0.3, 0.4) is 0 Å². The van der Waals surface area contributed by atoms with Crippen LogP contribution in [0.4, 0.5) is 5.69 Å². The SMILES string of the molecule is OCC#Cc1cccc(N2CCC(OC3CC(O)C3)CC2)c1. The predicted octanol–water partition coefficient (Wildman–Crippen LogP) is 1.54. The van der Waals surface area contributed by atoms with Gasteiger partial charge in [0.15, 0.2) is 0 Å². The molecule has 0 amide bonds. The first-order valence-corrected chi connectivity index (χ1v) is 8.03. The zero-order valence-electron chi connectivity index (χ0n) is 12.7. The summed E-state index contributed by atoms with van der Waals surface area (Å²) in [5.74, 6) is 5.64. The first-order valence-electron chi connectivity index (χ1n) is 8.03. The van der Waals surface area contributed by atoms with Crippen molar-refractivity contribution in [3.05, 3.63) is 29.8 Å². The Balaban J connectivity index is 1.52. The minimum atomic E-state index is -0.146. The van der Waals surface area contributed by atoms with E-state index in [1.54, 1.807) is 0 Å². The van der Waals surface area contributed by atoms with Gasteiger partial charge in [-0.1, -0.05) is 17.9 Å². The van der Waals surface area contributed by atoms with Crippen molar-refractivity contribution in [2.24, 2.45) is 0 Å². The quantitative estimate of drug-likeness (QED) is 0.832.